The number of aromatic nitrogens is 3. The number of anilines is 1. The molecule has 35 heavy (non-hydrogen) atoms. The van der Waals surface area contributed by atoms with E-state index in [9.17, 15) is 18.0 Å². The van der Waals surface area contributed by atoms with Crippen LogP contribution >= 0.6 is 0 Å². The van der Waals surface area contributed by atoms with Gasteiger partial charge in [-0.25, -0.2) is 13.1 Å². The van der Waals surface area contributed by atoms with E-state index in [4.69, 9.17) is 5.73 Å². The van der Waals surface area contributed by atoms with Crippen LogP contribution in [0.15, 0.2) is 41.4 Å². The summed E-state index contributed by atoms with van der Waals surface area (Å²) in [6.07, 6.45) is 2.17. The van der Waals surface area contributed by atoms with Crippen molar-refractivity contribution >= 4 is 27.5 Å². The zero-order valence-corrected chi connectivity index (χ0v) is 21.1. The Bertz CT molecular complexity index is 1380. The number of rotatable bonds is 6. The average Bonchev–Trinajstić information content (AvgIpc) is 3.35. The third-order valence-electron chi connectivity index (χ3n) is 6.51. The first kappa shape index (κ1) is 24.7. The summed E-state index contributed by atoms with van der Waals surface area (Å²) in [6.45, 7) is 6.20. The number of primary amides is 1. The van der Waals surface area contributed by atoms with Gasteiger partial charge in [0.25, 0.3) is 5.91 Å². The summed E-state index contributed by atoms with van der Waals surface area (Å²) in [5.41, 5.74) is 9.71. The Morgan fingerprint density at radius 1 is 1.09 bits per heavy atom. The molecule has 0 aliphatic carbocycles. The van der Waals surface area contributed by atoms with Gasteiger partial charge in [-0.2, -0.15) is 9.40 Å². The summed E-state index contributed by atoms with van der Waals surface area (Å²) in [5, 5.41) is 7.60. The molecule has 0 saturated carbocycles. The highest BCUT2D eigenvalue weighted by molar-refractivity contribution is 7.89. The predicted molar refractivity (Wildman–Crippen MR) is 132 cm³/mol. The van der Waals surface area contributed by atoms with Gasteiger partial charge < -0.3 is 15.6 Å². The van der Waals surface area contributed by atoms with Crippen molar-refractivity contribution in [2.75, 3.05) is 18.4 Å². The summed E-state index contributed by atoms with van der Waals surface area (Å²) in [6, 6.07) is 9.27. The number of piperidine rings is 1. The molecule has 1 fully saturated rings. The fourth-order valence-electron chi connectivity index (χ4n) is 4.41. The van der Waals surface area contributed by atoms with Crippen LogP contribution in [-0.4, -0.2) is 52.0 Å². The molecule has 1 aliphatic rings. The van der Waals surface area contributed by atoms with E-state index in [0.717, 1.165) is 16.9 Å². The molecule has 11 heteroatoms. The summed E-state index contributed by atoms with van der Waals surface area (Å²) >= 11 is 0. The number of sulfonamides is 1. The second-order valence-corrected chi connectivity index (χ2v) is 10.9. The van der Waals surface area contributed by atoms with Gasteiger partial charge in [0.2, 0.25) is 15.9 Å². The van der Waals surface area contributed by atoms with E-state index in [1.54, 1.807) is 11.7 Å². The summed E-state index contributed by atoms with van der Waals surface area (Å²) in [5.74, 6) is -1.16. The van der Waals surface area contributed by atoms with Crippen LogP contribution in [-0.2, 0) is 21.9 Å². The van der Waals surface area contributed by atoms with Crippen molar-refractivity contribution in [3.05, 3.63) is 59.2 Å². The molecule has 4 rings (SSSR count). The van der Waals surface area contributed by atoms with Crippen molar-refractivity contribution in [2.24, 2.45) is 18.7 Å². The van der Waals surface area contributed by atoms with Crippen LogP contribution in [0, 0.1) is 26.7 Å². The zero-order valence-electron chi connectivity index (χ0n) is 20.3. The molecule has 0 spiro atoms. The SMILES string of the molecule is Cc1ccc(-n2nc(C)c(NC(=O)C3CCN(S(=O)(=O)c4cc(C(N)=O)n(C)c4)CC3)c2C)cc1. The van der Waals surface area contributed by atoms with Gasteiger partial charge in [-0.05, 0) is 51.8 Å². The highest BCUT2D eigenvalue weighted by atomic mass is 32.2. The Morgan fingerprint density at radius 2 is 1.71 bits per heavy atom. The Morgan fingerprint density at radius 3 is 2.29 bits per heavy atom. The third-order valence-corrected chi connectivity index (χ3v) is 8.38. The molecule has 0 unspecified atom stereocenters. The van der Waals surface area contributed by atoms with E-state index in [2.05, 4.69) is 10.4 Å². The topological polar surface area (TPSA) is 132 Å². The lowest BCUT2D eigenvalue weighted by Gasteiger charge is -2.30. The molecule has 3 N–H and O–H groups in total. The van der Waals surface area contributed by atoms with Crippen LogP contribution in [0.3, 0.4) is 0 Å². The minimum atomic E-state index is -3.79. The number of aryl methyl sites for hydroxylation is 3. The van der Waals surface area contributed by atoms with Crippen molar-refractivity contribution in [3.63, 3.8) is 0 Å². The van der Waals surface area contributed by atoms with Crippen molar-refractivity contribution in [1.29, 1.82) is 0 Å². The zero-order chi connectivity index (χ0) is 25.5. The van der Waals surface area contributed by atoms with Gasteiger partial charge in [0.15, 0.2) is 0 Å². The number of hydrogen-bond donors (Lipinski definition) is 2. The van der Waals surface area contributed by atoms with E-state index >= 15 is 0 Å². The van der Waals surface area contributed by atoms with Crippen LogP contribution in [0.1, 0.15) is 40.3 Å². The normalized spacial score (nSPS) is 15.3. The van der Waals surface area contributed by atoms with Gasteiger partial charge in [-0.3, -0.25) is 9.59 Å². The van der Waals surface area contributed by atoms with E-state index in [-0.39, 0.29) is 35.5 Å². The Kier molecular flexibility index (Phi) is 6.56. The molecule has 0 radical (unpaired) electrons. The number of carbonyl (C=O) groups excluding carboxylic acids is 2. The van der Waals surface area contributed by atoms with Crippen LogP contribution < -0.4 is 11.1 Å². The molecule has 1 aliphatic heterocycles. The van der Waals surface area contributed by atoms with Gasteiger partial charge in [0.1, 0.15) is 10.6 Å². The van der Waals surface area contributed by atoms with Crippen molar-refractivity contribution < 1.29 is 18.0 Å². The number of nitrogens with two attached hydrogens (primary N) is 1. The van der Waals surface area contributed by atoms with Crippen LogP contribution in [0.2, 0.25) is 0 Å². The predicted octanol–water partition coefficient (Wildman–Crippen LogP) is 2.27. The lowest BCUT2D eigenvalue weighted by molar-refractivity contribution is -0.120. The monoisotopic (exact) mass is 498 g/mol. The molecule has 1 aromatic carbocycles. The van der Waals surface area contributed by atoms with E-state index < -0.39 is 15.9 Å². The molecular formula is C24H30N6O4S. The number of carbonyl (C=O) groups is 2. The standard InChI is InChI=1S/C24H30N6O4S/c1-15-5-7-19(8-6-15)30-17(3)22(16(2)27-30)26-24(32)18-9-11-29(12-10-18)35(33,34)20-13-21(23(25)31)28(4)14-20/h5-8,13-14,18H,9-12H2,1-4H3,(H2,25,31)(H,26,32). The van der Waals surface area contributed by atoms with E-state index in [1.165, 1.54) is 21.1 Å². The molecule has 2 aromatic heterocycles. The number of amides is 2. The Hall–Kier alpha value is -3.44. The Balaban J connectivity index is 1.43. The number of nitrogens with one attached hydrogen (secondary N) is 1. The maximum atomic E-state index is 13.0. The van der Waals surface area contributed by atoms with Gasteiger partial charge in [-0.15, -0.1) is 0 Å². The lowest BCUT2D eigenvalue weighted by atomic mass is 9.97. The van der Waals surface area contributed by atoms with Crippen molar-refractivity contribution in [1.82, 2.24) is 18.7 Å². The molecule has 2 amide bonds. The molecule has 186 valence electrons. The molecular weight excluding hydrogens is 468 g/mol. The second-order valence-electron chi connectivity index (χ2n) is 9.00. The minimum absolute atomic E-state index is 0.0199. The summed E-state index contributed by atoms with van der Waals surface area (Å²) in [7, 11) is -2.22. The number of nitrogens with zero attached hydrogens (tertiary/aromatic N) is 4. The highest BCUT2D eigenvalue weighted by Gasteiger charge is 2.33. The van der Waals surface area contributed by atoms with Crippen molar-refractivity contribution in [2.45, 2.75) is 38.5 Å². The molecule has 0 atom stereocenters. The van der Waals surface area contributed by atoms with E-state index in [1.807, 2.05) is 45.0 Å². The van der Waals surface area contributed by atoms with Crippen molar-refractivity contribution in [3.8, 4) is 5.69 Å². The maximum absolute atomic E-state index is 13.0. The lowest BCUT2D eigenvalue weighted by Crippen LogP contribution is -2.41. The maximum Gasteiger partial charge on any atom is 0.265 e. The van der Waals surface area contributed by atoms with Gasteiger partial charge >= 0.3 is 0 Å². The Labute approximate surface area is 204 Å². The number of hydrogen-bond acceptors (Lipinski definition) is 5. The largest absolute Gasteiger partial charge is 0.364 e. The van der Waals surface area contributed by atoms with E-state index in [0.29, 0.717) is 24.2 Å². The molecule has 10 nitrogen and oxygen atoms in total. The molecule has 0 bridgehead atoms. The number of benzene rings is 1. The van der Waals surface area contributed by atoms with Crippen LogP contribution in [0.5, 0.6) is 0 Å². The third kappa shape index (κ3) is 4.73. The van der Waals surface area contributed by atoms with Gasteiger partial charge in [0, 0.05) is 32.3 Å². The molecule has 3 heterocycles. The fraction of sp³-hybridized carbons (Fsp3) is 0.375. The van der Waals surface area contributed by atoms with Crippen LogP contribution in [0.4, 0.5) is 5.69 Å². The van der Waals surface area contributed by atoms with Gasteiger partial charge in [-0.1, -0.05) is 17.7 Å². The first-order chi connectivity index (χ1) is 16.5. The second kappa shape index (κ2) is 9.31. The first-order valence-electron chi connectivity index (χ1n) is 11.4. The summed E-state index contributed by atoms with van der Waals surface area (Å²) < 4.78 is 30.6. The average molecular weight is 499 g/mol. The fourth-order valence-corrected chi connectivity index (χ4v) is 5.96. The quantitative estimate of drug-likeness (QED) is 0.538. The summed E-state index contributed by atoms with van der Waals surface area (Å²) in [4.78, 5) is 24.6. The highest BCUT2D eigenvalue weighted by Crippen LogP contribution is 2.28. The molecule has 1 saturated heterocycles. The van der Waals surface area contributed by atoms with Gasteiger partial charge in [0.05, 0.1) is 22.8 Å². The smallest absolute Gasteiger partial charge is 0.265 e. The van der Waals surface area contributed by atoms with Crippen LogP contribution in [0.25, 0.3) is 5.69 Å². The first-order valence-corrected chi connectivity index (χ1v) is 12.8. The minimum Gasteiger partial charge on any atom is -0.364 e. The molecule has 3 aromatic rings.